The highest BCUT2D eigenvalue weighted by Crippen LogP contribution is 2.35. The molecule has 2 unspecified atom stereocenters. The molecule has 0 aromatic heterocycles. The summed E-state index contributed by atoms with van der Waals surface area (Å²) >= 11 is 3.43. The van der Waals surface area contributed by atoms with Gasteiger partial charge in [0.05, 0.1) is 5.92 Å². The lowest BCUT2D eigenvalue weighted by Crippen LogP contribution is -2.23. The van der Waals surface area contributed by atoms with E-state index in [1.807, 2.05) is 19.2 Å². The summed E-state index contributed by atoms with van der Waals surface area (Å²) in [6.45, 7) is 0.799. The predicted molar refractivity (Wildman–Crippen MR) is 65.1 cm³/mol. The first-order valence-corrected chi connectivity index (χ1v) is 6.04. The van der Waals surface area contributed by atoms with Gasteiger partial charge in [-0.25, -0.2) is 0 Å². The third kappa shape index (κ3) is 2.62. The van der Waals surface area contributed by atoms with Gasteiger partial charge in [-0.05, 0) is 31.2 Å². The summed E-state index contributed by atoms with van der Waals surface area (Å²) in [4.78, 5) is 12.9. The number of hydrogen-bond donors (Lipinski definition) is 1. The van der Waals surface area contributed by atoms with E-state index >= 15 is 0 Å². The van der Waals surface area contributed by atoms with Gasteiger partial charge in [-0.3, -0.25) is 9.69 Å². The Hall–Kier alpha value is -0.870. The summed E-state index contributed by atoms with van der Waals surface area (Å²) in [5.74, 6) is -0.844. The van der Waals surface area contributed by atoms with Gasteiger partial charge in [-0.15, -0.1) is 0 Å². The molecule has 0 spiro atoms. The maximum Gasteiger partial charge on any atom is 0.308 e. The van der Waals surface area contributed by atoms with Gasteiger partial charge in [0.15, 0.2) is 0 Å². The van der Waals surface area contributed by atoms with Crippen LogP contribution in [-0.4, -0.2) is 29.1 Å². The van der Waals surface area contributed by atoms with Crippen LogP contribution in [0.3, 0.4) is 0 Å². The zero-order valence-corrected chi connectivity index (χ0v) is 10.6. The summed E-state index contributed by atoms with van der Waals surface area (Å²) in [6.07, 6.45) is 0.778. The molecule has 1 aliphatic rings. The SMILES string of the molecule is CN(Cc1cccc(Br)c1)C1CC1C(=O)O. The molecule has 2 atom stereocenters. The molecular formula is C12H14BrNO2. The van der Waals surface area contributed by atoms with E-state index in [0.717, 1.165) is 17.4 Å². The van der Waals surface area contributed by atoms with E-state index in [1.165, 1.54) is 5.56 Å². The van der Waals surface area contributed by atoms with E-state index in [-0.39, 0.29) is 12.0 Å². The van der Waals surface area contributed by atoms with E-state index in [2.05, 4.69) is 33.0 Å². The number of benzene rings is 1. The summed E-state index contributed by atoms with van der Waals surface area (Å²) in [5.41, 5.74) is 1.20. The number of nitrogens with zero attached hydrogens (tertiary/aromatic N) is 1. The first-order valence-electron chi connectivity index (χ1n) is 5.25. The van der Waals surface area contributed by atoms with E-state index in [1.54, 1.807) is 0 Å². The summed E-state index contributed by atoms with van der Waals surface area (Å²) in [5, 5.41) is 8.85. The molecular weight excluding hydrogens is 270 g/mol. The van der Waals surface area contributed by atoms with Crippen molar-refractivity contribution in [2.75, 3.05) is 7.05 Å². The van der Waals surface area contributed by atoms with Crippen molar-refractivity contribution in [2.45, 2.75) is 19.0 Å². The summed E-state index contributed by atoms with van der Waals surface area (Å²) in [6, 6.07) is 8.31. The van der Waals surface area contributed by atoms with Crippen LogP contribution in [0.5, 0.6) is 0 Å². The zero-order chi connectivity index (χ0) is 11.7. The molecule has 0 radical (unpaired) electrons. The Balaban J connectivity index is 1.93. The molecule has 1 N–H and O–H groups in total. The molecule has 4 heteroatoms. The fourth-order valence-corrected chi connectivity index (χ4v) is 2.42. The second-order valence-corrected chi connectivity index (χ2v) is 5.21. The Morgan fingerprint density at radius 3 is 2.94 bits per heavy atom. The second kappa shape index (κ2) is 4.55. The molecule has 86 valence electrons. The van der Waals surface area contributed by atoms with Crippen LogP contribution in [0.1, 0.15) is 12.0 Å². The van der Waals surface area contributed by atoms with Crippen molar-refractivity contribution in [3.05, 3.63) is 34.3 Å². The molecule has 0 heterocycles. The highest BCUT2D eigenvalue weighted by molar-refractivity contribution is 9.10. The van der Waals surface area contributed by atoms with Gasteiger partial charge in [-0.1, -0.05) is 28.1 Å². The average Bonchev–Trinajstić information content (AvgIpc) is 2.96. The van der Waals surface area contributed by atoms with Crippen molar-refractivity contribution < 1.29 is 9.90 Å². The molecule has 16 heavy (non-hydrogen) atoms. The van der Waals surface area contributed by atoms with Crippen LogP contribution in [0, 0.1) is 5.92 Å². The predicted octanol–water partition coefficient (Wildman–Crippen LogP) is 2.35. The van der Waals surface area contributed by atoms with Crippen LogP contribution in [0.25, 0.3) is 0 Å². The maximum absolute atomic E-state index is 10.7. The second-order valence-electron chi connectivity index (χ2n) is 4.29. The lowest BCUT2D eigenvalue weighted by molar-refractivity contribution is -0.138. The van der Waals surface area contributed by atoms with Crippen LogP contribution in [0.15, 0.2) is 28.7 Å². The van der Waals surface area contributed by atoms with Gasteiger partial charge >= 0.3 is 5.97 Å². The number of carbonyl (C=O) groups is 1. The highest BCUT2D eigenvalue weighted by atomic mass is 79.9. The number of halogens is 1. The average molecular weight is 284 g/mol. The molecule has 1 fully saturated rings. The van der Waals surface area contributed by atoms with Crippen LogP contribution >= 0.6 is 15.9 Å². The largest absolute Gasteiger partial charge is 0.481 e. The molecule has 0 saturated heterocycles. The first kappa shape index (κ1) is 11.6. The minimum absolute atomic E-state index is 0.169. The van der Waals surface area contributed by atoms with Gasteiger partial charge in [0.1, 0.15) is 0 Å². The molecule has 2 rings (SSSR count). The number of carboxylic acid groups (broad SMARTS) is 1. The van der Waals surface area contributed by atoms with Crippen LogP contribution in [0.2, 0.25) is 0 Å². The van der Waals surface area contributed by atoms with E-state index in [9.17, 15) is 4.79 Å². The number of rotatable bonds is 4. The molecule has 1 aromatic rings. The Morgan fingerprint density at radius 1 is 1.62 bits per heavy atom. The number of carboxylic acids is 1. The van der Waals surface area contributed by atoms with Crippen molar-refractivity contribution in [1.82, 2.24) is 4.90 Å². The molecule has 0 bridgehead atoms. The topological polar surface area (TPSA) is 40.5 Å². The lowest BCUT2D eigenvalue weighted by Gasteiger charge is -2.16. The minimum atomic E-state index is -0.675. The zero-order valence-electron chi connectivity index (χ0n) is 9.06. The lowest BCUT2D eigenvalue weighted by atomic mass is 10.2. The van der Waals surface area contributed by atoms with Gasteiger partial charge in [0, 0.05) is 17.1 Å². The third-order valence-corrected chi connectivity index (χ3v) is 3.45. The monoisotopic (exact) mass is 283 g/mol. The van der Waals surface area contributed by atoms with Gasteiger partial charge in [0.2, 0.25) is 0 Å². The highest BCUT2D eigenvalue weighted by Gasteiger charge is 2.45. The smallest absolute Gasteiger partial charge is 0.308 e. The van der Waals surface area contributed by atoms with Crippen LogP contribution in [-0.2, 0) is 11.3 Å². The maximum atomic E-state index is 10.7. The van der Waals surface area contributed by atoms with Crippen LogP contribution < -0.4 is 0 Å². The number of aliphatic carboxylic acids is 1. The Labute approximate surface area is 103 Å². The Kier molecular flexibility index (Phi) is 3.30. The van der Waals surface area contributed by atoms with Crippen molar-refractivity contribution in [3.63, 3.8) is 0 Å². The minimum Gasteiger partial charge on any atom is -0.481 e. The Bertz CT molecular complexity index is 408. The Morgan fingerprint density at radius 2 is 2.38 bits per heavy atom. The van der Waals surface area contributed by atoms with E-state index in [4.69, 9.17) is 5.11 Å². The molecule has 1 aliphatic carbocycles. The van der Waals surface area contributed by atoms with E-state index < -0.39 is 5.97 Å². The quantitative estimate of drug-likeness (QED) is 0.922. The standard InChI is InChI=1S/C12H14BrNO2/c1-14(11-6-10(11)12(15)16)7-8-3-2-4-9(13)5-8/h2-5,10-11H,6-7H2,1H3,(H,15,16). The molecule has 0 amide bonds. The van der Waals surface area contributed by atoms with Crippen molar-refractivity contribution in [3.8, 4) is 0 Å². The molecule has 3 nitrogen and oxygen atoms in total. The first-order chi connectivity index (χ1) is 7.58. The van der Waals surface area contributed by atoms with Gasteiger partial charge in [-0.2, -0.15) is 0 Å². The van der Waals surface area contributed by atoms with Crippen molar-refractivity contribution >= 4 is 21.9 Å². The molecule has 1 saturated carbocycles. The van der Waals surface area contributed by atoms with Gasteiger partial charge < -0.3 is 5.11 Å². The summed E-state index contributed by atoms with van der Waals surface area (Å²) in [7, 11) is 1.98. The van der Waals surface area contributed by atoms with Gasteiger partial charge in [0.25, 0.3) is 0 Å². The molecule has 0 aliphatic heterocycles. The third-order valence-electron chi connectivity index (χ3n) is 2.96. The molecule has 1 aromatic carbocycles. The van der Waals surface area contributed by atoms with Crippen LogP contribution in [0.4, 0.5) is 0 Å². The number of hydrogen-bond acceptors (Lipinski definition) is 2. The van der Waals surface area contributed by atoms with Crippen molar-refractivity contribution in [1.29, 1.82) is 0 Å². The fraction of sp³-hybridized carbons (Fsp3) is 0.417. The normalized spacial score (nSPS) is 23.4. The summed E-state index contributed by atoms with van der Waals surface area (Å²) < 4.78 is 1.06. The fourth-order valence-electron chi connectivity index (χ4n) is 1.97. The van der Waals surface area contributed by atoms with E-state index in [0.29, 0.717) is 0 Å². The van der Waals surface area contributed by atoms with Crippen molar-refractivity contribution in [2.24, 2.45) is 5.92 Å².